The summed E-state index contributed by atoms with van der Waals surface area (Å²) in [5.41, 5.74) is 7.36. The molecular weight excluding hydrogens is 448 g/mol. The summed E-state index contributed by atoms with van der Waals surface area (Å²) in [6.07, 6.45) is 12.2. The first-order valence-electron chi connectivity index (χ1n) is 14.5. The summed E-state index contributed by atoms with van der Waals surface area (Å²) in [6, 6.07) is 23.1. The fourth-order valence-corrected chi connectivity index (χ4v) is 6.96. The standard InChI is InChI=1S/C35H44N2/c1-7-9-24-36-29-19-14-13-18-28(29)34(3,4)31(36)20-15-21-32-35(5,6)33-27-17-12-11-16-26(27)22-23-30(33)37(32)25-10-8-2/h11-23,32H,7-10,24-25H2,1-6H3/p+1/b21-15?,31-20+. The highest BCUT2D eigenvalue weighted by atomic mass is 15.2. The normalized spacial score (nSPS) is 22.8. The van der Waals surface area contributed by atoms with Crippen LogP contribution in [0.3, 0.4) is 0 Å². The van der Waals surface area contributed by atoms with Crippen LogP contribution in [-0.2, 0) is 10.8 Å². The molecule has 2 heterocycles. The van der Waals surface area contributed by atoms with Gasteiger partial charge in [0.1, 0.15) is 11.7 Å². The van der Waals surface area contributed by atoms with Gasteiger partial charge in [0.2, 0.25) is 0 Å². The summed E-state index contributed by atoms with van der Waals surface area (Å²) in [7, 11) is 0. The van der Waals surface area contributed by atoms with Gasteiger partial charge in [0.15, 0.2) is 0 Å². The molecule has 0 saturated heterocycles. The molecule has 5 rings (SSSR count). The van der Waals surface area contributed by atoms with Crippen molar-refractivity contribution in [2.75, 3.05) is 18.0 Å². The fourth-order valence-electron chi connectivity index (χ4n) is 6.96. The lowest BCUT2D eigenvalue weighted by atomic mass is 9.78. The molecule has 0 saturated carbocycles. The second kappa shape index (κ2) is 10.1. The highest BCUT2D eigenvalue weighted by molar-refractivity contribution is 5.90. The number of hydrogen-bond acceptors (Lipinski definition) is 1. The lowest BCUT2D eigenvalue weighted by molar-refractivity contribution is -0.850. The molecule has 37 heavy (non-hydrogen) atoms. The molecule has 2 unspecified atom stereocenters. The lowest BCUT2D eigenvalue weighted by Gasteiger charge is -2.28. The molecule has 0 radical (unpaired) electrons. The Morgan fingerprint density at radius 2 is 1.59 bits per heavy atom. The number of quaternary nitrogens is 1. The van der Waals surface area contributed by atoms with Gasteiger partial charge in [0, 0.05) is 35.0 Å². The van der Waals surface area contributed by atoms with Crippen LogP contribution < -0.4 is 9.80 Å². The van der Waals surface area contributed by atoms with Crippen molar-refractivity contribution in [2.24, 2.45) is 0 Å². The SMILES string of the molecule is CCCCN1/C(=C/C=CC2[NH+](CCCC)c3ccc4ccccc4c3C2(C)C)C(C)(C)c2ccccc21. The number of rotatable bonds is 8. The number of para-hydroxylation sites is 1. The van der Waals surface area contributed by atoms with Crippen LogP contribution in [0.2, 0.25) is 0 Å². The van der Waals surface area contributed by atoms with Crippen molar-refractivity contribution < 1.29 is 4.90 Å². The number of benzene rings is 3. The number of nitrogens with zero attached hydrogens (tertiary/aromatic N) is 1. The topological polar surface area (TPSA) is 7.68 Å². The van der Waals surface area contributed by atoms with E-state index < -0.39 is 0 Å². The van der Waals surface area contributed by atoms with Gasteiger partial charge in [-0.05, 0) is 67.3 Å². The number of nitrogens with one attached hydrogen (secondary N) is 1. The Hall–Kier alpha value is -2.84. The molecule has 2 atom stereocenters. The number of unbranched alkanes of at least 4 members (excludes halogenated alkanes) is 2. The predicted octanol–water partition coefficient (Wildman–Crippen LogP) is 7.85. The zero-order valence-corrected chi connectivity index (χ0v) is 23.8. The van der Waals surface area contributed by atoms with Crippen LogP contribution in [0.15, 0.2) is 84.6 Å². The lowest BCUT2D eigenvalue weighted by Crippen LogP contribution is -3.10. The monoisotopic (exact) mass is 493 g/mol. The van der Waals surface area contributed by atoms with Crippen molar-refractivity contribution in [2.45, 2.75) is 84.1 Å². The summed E-state index contributed by atoms with van der Waals surface area (Å²) in [5, 5.41) is 2.78. The zero-order chi connectivity index (χ0) is 26.2. The third-order valence-electron chi connectivity index (χ3n) is 8.96. The van der Waals surface area contributed by atoms with Crippen molar-refractivity contribution in [1.82, 2.24) is 0 Å². The second-order valence-corrected chi connectivity index (χ2v) is 12.1. The van der Waals surface area contributed by atoms with Gasteiger partial charge in [-0.15, -0.1) is 0 Å². The predicted molar refractivity (Wildman–Crippen MR) is 160 cm³/mol. The van der Waals surface area contributed by atoms with Gasteiger partial charge >= 0.3 is 0 Å². The first kappa shape index (κ1) is 25.8. The zero-order valence-electron chi connectivity index (χ0n) is 23.8. The molecular formula is C35H45N2+. The molecule has 0 spiro atoms. The van der Waals surface area contributed by atoms with Gasteiger partial charge in [-0.3, -0.25) is 4.90 Å². The Bertz CT molecular complexity index is 1330. The largest absolute Gasteiger partial charge is 0.344 e. The maximum Gasteiger partial charge on any atom is 0.136 e. The third-order valence-corrected chi connectivity index (χ3v) is 8.96. The van der Waals surface area contributed by atoms with E-state index in [-0.39, 0.29) is 10.8 Å². The van der Waals surface area contributed by atoms with Crippen LogP contribution in [0.4, 0.5) is 11.4 Å². The molecule has 1 N–H and O–H groups in total. The molecule has 2 aliphatic rings. The van der Waals surface area contributed by atoms with E-state index in [0.29, 0.717) is 6.04 Å². The highest BCUT2D eigenvalue weighted by Crippen LogP contribution is 2.48. The van der Waals surface area contributed by atoms with E-state index in [4.69, 9.17) is 0 Å². The van der Waals surface area contributed by atoms with E-state index >= 15 is 0 Å². The summed E-state index contributed by atoms with van der Waals surface area (Å²) >= 11 is 0. The van der Waals surface area contributed by atoms with Gasteiger partial charge in [0.05, 0.1) is 12.0 Å². The van der Waals surface area contributed by atoms with Crippen LogP contribution in [0.25, 0.3) is 10.8 Å². The first-order chi connectivity index (χ1) is 17.8. The summed E-state index contributed by atoms with van der Waals surface area (Å²) < 4.78 is 0. The van der Waals surface area contributed by atoms with E-state index in [1.54, 1.807) is 4.90 Å². The molecule has 2 aliphatic heterocycles. The van der Waals surface area contributed by atoms with E-state index in [0.717, 1.165) is 6.54 Å². The van der Waals surface area contributed by atoms with E-state index in [2.05, 4.69) is 125 Å². The highest BCUT2D eigenvalue weighted by Gasteiger charge is 2.48. The van der Waals surface area contributed by atoms with Crippen LogP contribution in [0, 0.1) is 0 Å². The molecule has 2 heteroatoms. The summed E-state index contributed by atoms with van der Waals surface area (Å²) in [4.78, 5) is 4.20. The molecule has 0 amide bonds. The minimum absolute atomic E-state index is 0.00773. The van der Waals surface area contributed by atoms with Crippen LogP contribution in [-0.4, -0.2) is 19.1 Å². The summed E-state index contributed by atoms with van der Waals surface area (Å²) in [5.74, 6) is 0. The van der Waals surface area contributed by atoms with Crippen molar-refractivity contribution in [3.8, 4) is 0 Å². The maximum atomic E-state index is 2.58. The van der Waals surface area contributed by atoms with Gasteiger partial charge in [-0.25, -0.2) is 0 Å². The number of allylic oxidation sites excluding steroid dienone is 3. The minimum atomic E-state index is 0.00773. The first-order valence-corrected chi connectivity index (χ1v) is 14.5. The smallest absolute Gasteiger partial charge is 0.136 e. The van der Waals surface area contributed by atoms with Gasteiger partial charge in [-0.2, -0.15) is 0 Å². The Labute approximate surface area is 224 Å². The number of fused-ring (bicyclic) bond motifs is 4. The fraction of sp³-hybridized carbons (Fsp3) is 0.429. The Morgan fingerprint density at radius 1 is 0.865 bits per heavy atom. The van der Waals surface area contributed by atoms with Crippen LogP contribution in [0.1, 0.15) is 78.4 Å². The van der Waals surface area contributed by atoms with Gasteiger partial charge in [0.25, 0.3) is 0 Å². The number of hydrogen-bond donors (Lipinski definition) is 1. The van der Waals surface area contributed by atoms with E-state index in [9.17, 15) is 0 Å². The molecule has 0 aliphatic carbocycles. The average molecular weight is 494 g/mol. The maximum absolute atomic E-state index is 2.58. The Balaban J connectivity index is 1.54. The third kappa shape index (κ3) is 4.34. The minimum Gasteiger partial charge on any atom is -0.344 e. The van der Waals surface area contributed by atoms with Gasteiger partial charge < -0.3 is 4.90 Å². The number of anilines is 1. The molecule has 0 aromatic heterocycles. The van der Waals surface area contributed by atoms with Gasteiger partial charge in [-0.1, -0.05) is 89.1 Å². The Morgan fingerprint density at radius 3 is 2.38 bits per heavy atom. The summed E-state index contributed by atoms with van der Waals surface area (Å²) in [6.45, 7) is 16.5. The Kier molecular flexibility index (Phi) is 7.07. The van der Waals surface area contributed by atoms with E-state index in [1.807, 2.05) is 0 Å². The van der Waals surface area contributed by atoms with Crippen molar-refractivity contribution >= 4 is 22.1 Å². The molecule has 0 fully saturated rings. The van der Waals surface area contributed by atoms with Crippen molar-refractivity contribution in [1.29, 1.82) is 0 Å². The molecule has 2 nitrogen and oxygen atoms in total. The van der Waals surface area contributed by atoms with E-state index in [1.165, 1.54) is 71.2 Å². The quantitative estimate of drug-likeness (QED) is 0.336. The average Bonchev–Trinajstić information content (AvgIpc) is 3.25. The van der Waals surface area contributed by atoms with Crippen LogP contribution >= 0.6 is 0 Å². The molecule has 3 aromatic carbocycles. The second-order valence-electron chi connectivity index (χ2n) is 12.1. The van der Waals surface area contributed by atoms with Crippen molar-refractivity contribution in [3.63, 3.8) is 0 Å². The van der Waals surface area contributed by atoms with Crippen molar-refractivity contribution in [3.05, 3.63) is 95.7 Å². The molecule has 0 bridgehead atoms. The van der Waals surface area contributed by atoms with Crippen LogP contribution in [0.5, 0.6) is 0 Å². The molecule has 194 valence electrons. The molecule has 3 aromatic rings.